The van der Waals surface area contributed by atoms with Crippen molar-refractivity contribution in [1.82, 2.24) is 38.5 Å². The van der Waals surface area contributed by atoms with Gasteiger partial charge in [0, 0.05) is 71.3 Å². The highest BCUT2D eigenvalue weighted by Gasteiger charge is 2.39. The Kier molecular flexibility index (Phi) is 16.7. The van der Waals surface area contributed by atoms with Crippen molar-refractivity contribution in [2.75, 3.05) is 26.3 Å². The second-order valence-corrected chi connectivity index (χ2v) is 23.1. The summed E-state index contributed by atoms with van der Waals surface area (Å²) >= 11 is 0. The number of carbonyl (C=O) groups is 6. The third kappa shape index (κ3) is 12.4. The lowest BCUT2D eigenvalue weighted by Gasteiger charge is -2.21. The minimum absolute atomic E-state index is 0.0306. The molecule has 1 unspecified atom stereocenters. The van der Waals surface area contributed by atoms with Gasteiger partial charge >= 0.3 is 31.5 Å². The number of ketones is 2. The summed E-state index contributed by atoms with van der Waals surface area (Å²) in [5.74, 6) is -4.51. The highest BCUT2D eigenvalue weighted by atomic mass is 31.2. The fraction of sp³-hybridized carbons (Fsp3) is 0.226. The molecule has 446 valence electrons. The van der Waals surface area contributed by atoms with Gasteiger partial charge in [-0.3, -0.25) is 38.4 Å². The van der Waals surface area contributed by atoms with Gasteiger partial charge in [-0.1, -0.05) is 54.6 Å². The first-order chi connectivity index (χ1) is 41.4. The molecule has 1 aliphatic rings. The number of amides is 2. The van der Waals surface area contributed by atoms with E-state index in [1.54, 1.807) is 116 Å². The van der Waals surface area contributed by atoms with Crippen molar-refractivity contribution in [2.45, 2.75) is 59.7 Å². The highest BCUT2D eigenvalue weighted by molar-refractivity contribution is 7.54. The molecule has 9 aromatic rings. The number of ether oxygens (including phenoxy) is 1. The molecule has 3 aromatic carbocycles. The van der Waals surface area contributed by atoms with Gasteiger partial charge in [-0.25, -0.2) is 18.7 Å². The smallest absolute Gasteiger partial charge is 0.480 e. The molecule has 1 atom stereocenters. The maximum absolute atomic E-state index is 14.4. The molecule has 0 bridgehead atoms. The number of H-pyrrole nitrogens is 2. The second kappa shape index (κ2) is 24.2. The zero-order chi connectivity index (χ0) is 62.2. The first-order valence-corrected chi connectivity index (χ1v) is 28.9. The van der Waals surface area contributed by atoms with Gasteiger partial charge in [-0.05, 0) is 118 Å². The summed E-state index contributed by atoms with van der Waals surface area (Å²) in [7, 11) is -4.37. The zero-order valence-electron chi connectivity index (χ0n) is 47.5. The van der Waals surface area contributed by atoms with Crippen molar-refractivity contribution >= 4 is 71.5 Å². The topological polar surface area (TPSA) is 333 Å². The predicted octanol–water partition coefficient (Wildman–Crippen LogP) is 5.58. The van der Waals surface area contributed by atoms with E-state index in [1.165, 1.54) is 24.3 Å². The van der Waals surface area contributed by atoms with Crippen LogP contribution < -0.4 is 33.1 Å². The van der Waals surface area contributed by atoms with Crippen LogP contribution in [-0.4, -0.2) is 110 Å². The maximum Gasteiger partial charge on any atom is 0.570 e. The van der Waals surface area contributed by atoms with Crippen LogP contribution in [0.25, 0.3) is 50.3 Å². The Hall–Kier alpha value is -9.97. The number of fused-ring (bicyclic) bond motifs is 4. The van der Waals surface area contributed by atoms with E-state index >= 15 is 0 Å². The molecule has 0 radical (unpaired) electrons. The van der Waals surface area contributed by atoms with Crippen LogP contribution in [0, 0.1) is 19.8 Å². The van der Waals surface area contributed by atoms with E-state index in [4.69, 9.17) is 18.9 Å². The Labute approximate surface area is 493 Å². The van der Waals surface area contributed by atoms with Crippen molar-refractivity contribution in [3.63, 3.8) is 0 Å². The third-order valence-corrected chi connectivity index (χ3v) is 15.6. The summed E-state index contributed by atoms with van der Waals surface area (Å²) in [5.41, 5.74) is 3.39. The first kappa shape index (κ1) is 60.2. The lowest BCUT2D eigenvalue weighted by Crippen LogP contribution is -2.42. The number of nitrogens with one attached hydrogen (secondary N) is 4. The minimum atomic E-state index is -4.37. The first-order valence-electron chi connectivity index (χ1n) is 27.3. The van der Waals surface area contributed by atoms with E-state index in [1.807, 2.05) is 31.2 Å². The van der Waals surface area contributed by atoms with Crippen molar-refractivity contribution in [1.29, 1.82) is 0 Å². The molecule has 24 nitrogen and oxygen atoms in total. The number of esters is 1. The molecular weight excluding hydrogens is 1140 g/mol. The quantitative estimate of drug-likeness (QED) is 0.0212. The highest BCUT2D eigenvalue weighted by Crippen LogP contribution is 2.52. The fourth-order valence-corrected chi connectivity index (χ4v) is 11.5. The molecule has 10 rings (SSSR count). The normalized spacial score (nSPS) is 13.2. The third-order valence-electron chi connectivity index (χ3n) is 14.6. The average Bonchev–Trinajstić information content (AvgIpc) is 1.70. The average molecular weight is 1200 g/mol. The van der Waals surface area contributed by atoms with Crippen molar-refractivity contribution in [3.8, 4) is 22.3 Å². The number of carbonyl (C=O) groups excluding carboxylic acids is 5. The van der Waals surface area contributed by atoms with Gasteiger partial charge in [0.1, 0.15) is 31.9 Å². The van der Waals surface area contributed by atoms with Gasteiger partial charge in [-0.2, -0.15) is 18.8 Å². The van der Waals surface area contributed by atoms with Crippen LogP contribution in [0.1, 0.15) is 90.4 Å². The monoisotopic (exact) mass is 1200 g/mol. The molecule has 7 N–H and O–H groups in total. The van der Waals surface area contributed by atoms with Crippen molar-refractivity contribution in [3.05, 3.63) is 214 Å². The maximum atomic E-state index is 14.4. The summed E-state index contributed by atoms with van der Waals surface area (Å²) < 4.78 is 20.5. The van der Waals surface area contributed by atoms with Crippen LogP contribution in [-0.2, 0) is 42.9 Å². The molecule has 0 saturated heterocycles. The molecule has 0 saturated carbocycles. The number of rotatable bonds is 20. The van der Waals surface area contributed by atoms with Crippen molar-refractivity contribution < 1.29 is 57.4 Å². The Balaban J connectivity index is 0.707. The second-order valence-electron chi connectivity index (χ2n) is 21.6. The number of Topliss-reactive ketones (excluding diaryl/α,β-unsaturated/α-hetero) is 1. The van der Waals surface area contributed by atoms with E-state index in [0.29, 0.717) is 49.3 Å². The SMILES string of the molecule is Cc1c(-c2ccc(C(=O)NCCO[P+](O)(O)OCCNC(=O)c3ccc(-c4c(C)c(C(=O)C5C=Cc6c([nH]c(=O)n(CC(=O)OC(C)(C)C)c6=O)C5)n5ccccc45)cc3)cc2)c2ccccn2c1C(=O)c1ccc2c(=O)n(CC(=O)O)c(=O)[nH]c2c1. The Morgan fingerprint density at radius 2 is 1.17 bits per heavy atom. The summed E-state index contributed by atoms with van der Waals surface area (Å²) in [6.45, 7) is 6.28. The molecule has 6 aromatic heterocycles. The van der Waals surface area contributed by atoms with Crippen molar-refractivity contribution in [2.24, 2.45) is 5.92 Å². The molecule has 25 heteroatoms. The van der Waals surface area contributed by atoms with Gasteiger partial charge in [0.15, 0.2) is 5.78 Å². The summed E-state index contributed by atoms with van der Waals surface area (Å²) in [5, 5.41) is 14.5. The predicted molar refractivity (Wildman–Crippen MR) is 321 cm³/mol. The van der Waals surface area contributed by atoms with Crippen LogP contribution in [0.4, 0.5) is 0 Å². The van der Waals surface area contributed by atoms with Gasteiger partial charge < -0.3 is 39.2 Å². The fourth-order valence-electron chi connectivity index (χ4n) is 10.7. The summed E-state index contributed by atoms with van der Waals surface area (Å²) in [4.78, 5) is 157. The van der Waals surface area contributed by atoms with Crippen LogP contribution in [0.3, 0.4) is 0 Å². The van der Waals surface area contributed by atoms with Crippen LogP contribution in [0.5, 0.6) is 0 Å². The Morgan fingerprint density at radius 3 is 1.72 bits per heavy atom. The number of allylic oxidation sites excluding steroid dienone is 1. The van der Waals surface area contributed by atoms with Gasteiger partial charge in [-0.15, -0.1) is 0 Å². The van der Waals surface area contributed by atoms with Crippen LogP contribution >= 0.6 is 8.17 Å². The van der Waals surface area contributed by atoms with E-state index < -0.39 is 84.8 Å². The molecule has 0 spiro atoms. The Bertz CT molecular complexity index is 4580. The lowest BCUT2D eigenvalue weighted by molar-refractivity contribution is -0.155. The molecule has 0 fully saturated rings. The summed E-state index contributed by atoms with van der Waals surface area (Å²) in [6.07, 6.45) is 6.63. The zero-order valence-corrected chi connectivity index (χ0v) is 48.4. The number of carboxylic acids is 1. The Morgan fingerprint density at radius 1 is 0.655 bits per heavy atom. The van der Waals surface area contributed by atoms with Crippen LogP contribution in [0.15, 0.2) is 141 Å². The molecule has 0 aliphatic heterocycles. The molecule has 6 heterocycles. The molecular formula is C62H58N8O16P+. The molecule has 87 heavy (non-hydrogen) atoms. The van der Waals surface area contributed by atoms with Gasteiger partial charge in [0.05, 0.1) is 38.9 Å². The van der Waals surface area contributed by atoms with E-state index in [9.17, 15) is 57.7 Å². The van der Waals surface area contributed by atoms with Gasteiger partial charge in [0.2, 0.25) is 5.78 Å². The number of hydrogen-bond acceptors (Lipinski definition) is 15. The largest absolute Gasteiger partial charge is 0.570 e. The number of aliphatic carboxylic acids is 1. The molecule has 2 amide bonds. The van der Waals surface area contributed by atoms with E-state index in [-0.39, 0.29) is 77.4 Å². The van der Waals surface area contributed by atoms with Crippen LogP contribution in [0.2, 0.25) is 0 Å². The number of pyridine rings is 2. The lowest BCUT2D eigenvalue weighted by atomic mass is 9.88. The standard InChI is InChI=1S/C62H57N8O16P/c1-34-50(46-10-6-8-26-67(46)52(34)54(74)40-20-22-42-44(30-40)65-60(80)69(58(42)78)32-48(71)72)36-12-16-38(17-13-36)56(76)63-24-28-84-87(82,83)85-29-25-64-57(77)39-18-14-37(15-19-39)51-35(2)53(68-27-9-7-11-47(51)68)55(75)41-21-23-43-45(31-41)66-61(81)70(59(43)79)33-49(73)86-62(3,4)5/h6-23,26-27,30,41,82-83H,24-25,28-29,31-33H2,1-5H3,(H4-,63,64,65,66,71,72,76,77,78,79,80,81)/p+1. The number of nitrogens with zero attached hydrogens (tertiary/aromatic N) is 4. The number of aromatic amines is 2. The number of carboxylic acid groups (broad SMARTS) is 1. The van der Waals surface area contributed by atoms with Gasteiger partial charge in [0.25, 0.3) is 22.9 Å². The molecule has 1 aliphatic carbocycles. The number of hydrogen-bond donors (Lipinski definition) is 7. The summed E-state index contributed by atoms with van der Waals surface area (Å²) in [6, 6.07) is 28.4. The minimum Gasteiger partial charge on any atom is -0.480 e. The van der Waals surface area contributed by atoms with E-state index in [2.05, 4.69) is 20.6 Å². The number of benzene rings is 3. The number of aromatic nitrogens is 6. The van der Waals surface area contributed by atoms with E-state index in [0.717, 1.165) is 15.6 Å².